The normalized spacial score (nSPS) is 17.1. The number of H-pyrrole nitrogens is 1. The summed E-state index contributed by atoms with van der Waals surface area (Å²) in [4.78, 5) is 10.7. The van der Waals surface area contributed by atoms with Gasteiger partial charge in [-0.3, -0.25) is 0 Å². The van der Waals surface area contributed by atoms with Crippen LogP contribution in [0.15, 0.2) is 30.3 Å². The number of hydrogen-bond acceptors (Lipinski definition) is 2. The van der Waals surface area contributed by atoms with Gasteiger partial charge in [-0.05, 0) is 87.6 Å². The molecule has 28 heavy (non-hydrogen) atoms. The van der Waals surface area contributed by atoms with Gasteiger partial charge in [0.05, 0.1) is 11.0 Å². The number of rotatable bonds is 2. The number of aromatic nitrogens is 2. The van der Waals surface area contributed by atoms with E-state index in [0.29, 0.717) is 5.92 Å². The molecule has 2 heterocycles. The van der Waals surface area contributed by atoms with Gasteiger partial charge in [0.2, 0.25) is 0 Å². The molecule has 0 saturated carbocycles. The summed E-state index contributed by atoms with van der Waals surface area (Å²) in [5.41, 5.74) is 8.35. The zero-order valence-corrected chi connectivity index (χ0v) is 17.9. The molecule has 1 atom stereocenters. The van der Waals surface area contributed by atoms with Crippen LogP contribution in [0, 0.1) is 27.7 Å². The van der Waals surface area contributed by atoms with Crippen molar-refractivity contribution in [3.05, 3.63) is 58.4 Å². The zero-order chi connectivity index (χ0) is 19.8. The van der Waals surface area contributed by atoms with Gasteiger partial charge in [0, 0.05) is 24.7 Å². The third kappa shape index (κ3) is 3.76. The van der Waals surface area contributed by atoms with Crippen molar-refractivity contribution in [2.45, 2.75) is 46.5 Å². The van der Waals surface area contributed by atoms with E-state index in [4.69, 9.17) is 17.2 Å². The average molecular weight is 393 g/mol. The van der Waals surface area contributed by atoms with E-state index >= 15 is 0 Å². The Balaban J connectivity index is 1.50. The Morgan fingerprint density at radius 2 is 1.89 bits per heavy atom. The Kier molecular flexibility index (Phi) is 5.11. The number of imidazole rings is 1. The van der Waals surface area contributed by atoms with Crippen LogP contribution in [-0.4, -0.2) is 33.1 Å². The molecule has 0 unspecified atom stereocenters. The number of aromatic amines is 1. The molecule has 0 bridgehead atoms. The van der Waals surface area contributed by atoms with Crippen molar-refractivity contribution in [2.24, 2.45) is 0 Å². The first-order valence-corrected chi connectivity index (χ1v) is 10.4. The van der Waals surface area contributed by atoms with E-state index in [0.717, 1.165) is 53.6 Å². The van der Waals surface area contributed by atoms with E-state index in [1.807, 2.05) is 0 Å². The van der Waals surface area contributed by atoms with Gasteiger partial charge in [0.15, 0.2) is 5.11 Å². The monoisotopic (exact) mass is 392 g/mol. The first-order chi connectivity index (χ1) is 13.4. The van der Waals surface area contributed by atoms with Gasteiger partial charge >= 0.3 is 0 Å². The molecular formula is C23H28N4S. The lowest BCUT2D eigenvalue weighted by atomic mass is 9.98. The number of nitrogens with zero attached hydrogens (tertiary/aromatic N) is 2. The molecule has 1 fully saturated rings. The molecule has 1 aliphatic rings. The van der Waals surface area contributed by atoms with E-state index in [1.165, 1.54) is 22.3 Å². The summed E-state index contributed by atoms with van der Waals surface area (Å²) >= 11 is 5.73. The highest BCUT2D eigenvalue weighted by molar-refractivity contribution is 7.80. The molecular weight excluding hydrogens is 364 g/mol. The van der Waals surface area contributed by atoms with Crippen molar-refractivity contribution in [1.29, 1.82) is 0 Å². The van der Waals surface area contributed by atoms with Crippen LogP contribution < -0.4 is 5.32 Å². The highest BCUT2D eigenvalue weighted by Gasteiger charge is 2.25. The van der Waals surface area contributed by atoms with Crippen LogP contribution in [0.1, 0.15) is 46.8 Å². The van der Waals surface area contributed by atoms with Gasteiger partial charge < -0.3 is 15.2 Å². The summed E-state index contributed by atoms with van der Waals surface area (Å²) in [6.07, 6.45) is 2.26. The Labute approximate surface area is 172 Å². The summed E-state index contributed by atoms with van der Waals surface area (Å²) < 4.78 is 0. The van der Waals surface area contributed by atoms with Gasteiger partial charge in [-0.15, -0.1) is 0 Å². The van der Waals surface area contributed by atoms with Crippen molar-refractivity contribution in [3.8, 4) is 0 Å². The van der Waals surface area contributed by atoms with E-state index in [1.54, 1.807) is 0 Å². The quantitative estimate of drug-likeness (QED) is 0.575. The van der Waals surface area contributed by atoms with Crippen LogP contribution >= 0.6 is 12.2 Å². The number of piperidine rings is 1. The Morgan fingerprint density at radius 1 is 1.11 bits per heavy atom. The van der Waals surface area contributed by atoms with E-state index < -0.39 is 0 Å². The molecule has 0 amide bonds. The fraction of sp³-hybridized carbons (Fsp3) is 0.391. The molecule has 1 aliphatic heterocycles. The number of anilines is 1. The number of fused-ring (bicyclic) bond motifs is 1. The van der Waals surface area contributed by atoms with Crippen LogP contribution in [0.4, 0.5) is 5.69 Å². The van der Waals surface area contributed by atoms with Gasteiger partial charge in [0.1, 0.15) is 5.82 Å². The van der Waals surface area contributed by atoms with Crippen LogP contribution in [0.2, 0.25) is 0 Å². The van der Waals surface area contributed by atoms with Gasteiger partial charge in [-0.1, -0.05) is 17.7 Å². The number of likely N-dealkylation sites (tertiary alicyclic amines) is 1. The fourth-order valence-electron chi connectivity index (χ4n) is 4.02. The molecule has 0 spiro atoms. The predicted octanol–water partition coefficient (Wildman–Crippen LogP) is 5.37. The second-order valence-corrected chi connectivity index (χ2v) is 8.50. The molecule has 1 aromatic heterocycles. The minimum Gasteiger partial charge on any atom is -0.348 e. The lowest BCUT2D eigenvalue weighted by Crippen LogP contribution is -2.41. The van der Waals surface area contributed by atoms with Crippen molar-refractivity contribution in [2.75, 3.05) is 18.4 Å². The van der Waals surface area contributed by atoms with Crippen molar-refractivity contribution < 1.29 is 0 Å². The van der Waals surface area contributed by atoms with Gasteiger partial charge in [0.25, 0.3) is 0 Å². The van der Waals surface area contributed by atoms with E-state index in [-0.39, 0.29) is 0 Å². The molecule has 4 rings (SSSR count). The predicted molar refractivity (Wildman–Crippen MR) is 121 cm³/mol. The summed E-state index contributed by atoms with van der Waals surface area (Å²) in [6, 6.07) is 10.8. The molecule has 2 N–H and O–H groups in total. The highest BCUT2D eigenvalue weighted by atomic mass is 32.1. The first-order valence-electron chi connectivity index (χ1n) is 10.0. The maximum absolute atomic E-state index is 5.73. The topological polar surface area (TPSA) is 44.0 Å². The maximum Gasteiger partial charge on any atom is 0.173 e. The van der Waals surface area contributed by atoms with Crippen LogP contribution in [0.5, 0.6) is 0 Å². The Bertz CT molecular complexity index is 998. The number of aryl methyl sites for hydroxylation is 4. The fourth-order valence-corrected chi connectivity index (χ4v) is 4.29. The van der Waals surface area contributed by atoms with Crippen molar-refractivity contribution in [3.63, 3.8) is 0 Å². The molecule has 5 heteroatoms. The lowest BCUT2D eigenvalue weighted by Gasteiger charge is -2.34. The smallest absolute Gasteiger partial charge is 0.173 e. The first kappa shape index (κ1) is 18.9. The molecule has 2 aromatic carbocycles. The summed E-state index contributed by atoms with van der Waals surface area (Å²) in [6.45, 7) is 10.4. The Hall–Kier alpha value is -2.40. The SMILES string of the molecule is Cc1ccc(NC(=S)N2CCC[C@@H](c3nc4cc(C)c(C)cc4[nH]3)C2)c(C)c1. The van der Waals surface area contributed by atoms with Crippen LogP contribution in [0.25, 0.3) is 11.0 Å². The zero-order valence-electron chi connectivity index (χ0n) is 17.1. The number of hydrogen-bond donors (Lipinski definition) is 2. The second-order valence-electron chi connectivity index (χ2n) is 8.11. The summed E-state index contributed by atoms with van der Waals surface area (Å²) in [5, 5.41) is 4.25. The van der Waals surface area contributed by atoms with Gasteiger partial charge in [-0.25, -0.2) is 4.98 Å². The van der Waals surface area contributed by atoms with Crippen LogP contribution in [-0.2, 0) is 0 Å². The molecule has 0 radical (unpaired) electrons. The largest absolute Gasteiger partial charge is 0.348 e. The summed E-state index contributed by atoms with van der Waals surface area (Å²) in [7, 11) is 0. The minimum atomic E-state index is 0.376. The van der Waals surface area contributed by atoms with Crippen molar-refractivity contribution >= 4 is 34.1 Å². The molecule has 3 aromatic rings. The number of nitrogens with one attached hydrogen (secondary N) is 2. The molecule has 4 nitrogen and oxygen atoms in total. The average Bonchev–Trinajstić information content (AvgIpc) is 3.07. The third-order valence-electron chi connectivity index (χ3n) is 5.83. The molecule has 1 saturated heterocycles. The number of thiocarbonyl (C=S) groups is 1. The number of benzene rings is 2. The van der Waals surface area contributed by atoms with E-state index in [2.05, 4.69) is 73.2 Å². The minimum absolute atomic E-state index is 0.376. The molecule has 146 valence electrons. The van der Waals surface area contributed by atoms with Gasteiger partial charge in [-0.2, -0.15) is 0 Å². The molecule has 0 aliphatic carbocycles. The highest BCUT2D eigenvalue weighted by Crippen LogP contribution is 2.28. The van der Waals surface area contributed by atoms with E-state index in [9.17, 15) is 0 Å². The Morgan fingerprint density at radius 3 is 2.68 bits per heavy atom. The summed E-state index contributed by atoms with van der Waals surface area (Å²) in [5.74, 6) is 1.46. The standard InChI is InChI=1S/C23H28N4S/c1-14-7-8-19(17(4)10-14)26-23(28)27-9-5-6-18(13-27)22-24-20-11-15(2)16(3)12-21(20)25-22/h7-8,10-12,18H,5-6,9,13H2,1-4H3,(H,24,25)(H,26,28)/t18-/m1/s1. The third-order valence-corrected chi connectivity index (χ3v) is 6.19. The van der Waals surface area contributed by atoms with Crippen molar-refractivity contribution in [1.82, 2.24) is 14.9 Å². The second kappa shape index (κ2) is 7.55. The lowest BCUT2D eigenvalue weighted by molar-refractivity contribution is 0.307. The van der Waals surface area contributed by atoms with Crippen LogP contribution in [0.3, 0.4) is 0 Å². The maximum atomic E-state index is 5.73.